The van der Waals surface area contributed by atoms with E-state index in [2.05, 4.69) is 15.3 Å². The zero-order valence-electron chi connectivity index (χ0n) is 13.5. The summed E-state index contributed by atoms with van der Waals surface area (Å²) < 4.78 is 11.3. The maximum absolute atomic E-state index is 12.3. The van der Waals surface area contributed by atoms with E-state index in [0.29, 0.717) is 0 Å². The van der Waals surface area contributed by atoms with E-state index in [4.69, 9.17) is 26.6 Å². The summed E-state index contributed by atoms with van der Waals surface area (Å²) in [6.45, 7) is 4.57. The first-order valence-electron chi connectivity index (χ1n) is 7.51. The Labute approximate surface area is 143 Å². The van der Waals surface area contributed by atoms with Gasteiger partial charge in [0.1, 0.15) is 6.23 Å². The molecule has 5 atom stereocenters. The van der Waals surface area contributed by atoms with E-state index >= 15 is 0 Å². The van der Waals surface area contributed by atoms with E-state index in [-0.39, 0.29) is 19.1 Å². The normalized spacial score (nSPS) is 36.7. The van der Waals surface area contributed by atoms with Gasteiger partial charge < -0.3 is 14.6 Å². The minimum Gasteiger partial charge on any atom is -0.394 e. The van der Waals surface area contributed by atoms with Crippen molar-refractivity contribution in [1.82, 2.24) is 10.2 Å². The van der Waals surface area contributed by atoms with Gasteiger partial charge in [-0.05, 0) is 26.3 Å². The zero-order chi connectivity index (χ0) is 18.1. The average Bonchev–Trinajstić information content (AvgIpc) is 2.88. The molecule has 0 aromatic carbocycles. The monoisotopic (exact) mass is 361 g/mol. The number of aliphatic hydroxyl groups is 1. The molecule has 0 radical (unpaired) electrons. The van der Waals surface area contributed by atoms with Crippen molar-refractivity contribution in [2.45, 2.75) is 62.8 Å². The lowest BCUT2D eigenvalue weighted by Crippen LogP contribution is -2.69. The molecule has 0 aromatic heterocycles. The molecule has 24 heavy (non-hydrogen) atoms. The summed E-state index contributed by atoms with van der Waals surface area (Å²) in [6.07, 6.45) is -2.83. The van der Waals surface area contributed by atoms with Crippen molar-refractivity contribution in [3.63, 3.8) is 0 Å². The van der Waals surface area contributed by atoms with Crippen LogP contribution in [-0.4, -0.2) is 64.1 Å². The number of urea groups is 1. The number of amides is 3. The minimum atomic E-state index is -1.52. The van der Waals surface area contributed by atoms with E-state index in [1.54, 1.807) is 13.8 Å². The molecule has 2 aliphatic rings. The third-order valence-corrected chi connectivity index (χ3v) is 4.27. The number of ether oxygens (including phenoxy) is 2. The van der Waals surface area contributed by atoms with Gasteiger partial charge in [0.25, 0.3) is 5.91 Å². The number of imide groups is 1. The third kappa shape index (κ3) is 3.42. The third-order valence-electron chi connectivity index (χ3n) is 3.91. The molecule has 0 saturated carbocycles. The molecule has 2 aliphatic heterocycles. The number of azide groups is 1. The summed E-state index contributed by atoms with van der Waals surface area (Å²) in [7, 11) is 0. The molecule has 2 fully saturated rings. The van der Waals surface area contributed by atoms with Crippen LogP contribution in [0.2, 0.25) is 0 Å². The van der Waals surface area contributed by atoms with E-state index in [9.17, 15) is 14.7 Å². The second kappa shape index (κ2) is 7.12. The summed E-state index contributed by atoms with van der Waals surface area (Å²) in [5.41, 5.74) is 8.62. The van der Waals surface area contributed by atoms with Crippen molar-refractivity contribution in [2.24, 2.45) is 5.11 Å². The topological polar surface area (TPSA) is 137 Å². The molecule has 2 heterocycles. The van der Waals surface area contributed by atoms with Gasteiger partial charge in [-0.15, -0.1) is 11.6 Å². The Hall–Kier alpha value is -1.58. The van der Waals surface area contributed by atoms with Crippen molar-refractivity contribution in [1.29, 1.82) is 0 Å². The number of alkyl halides is 1. The Kier molecular flexibility index (Phi) is 5.56. The quantitative estimate of drug-likeness (QED) is 0.326. The molecule has 2 N–H and O–H groups in total. The Morgan fingerprint density at radius 2 is 2.29 bits per heavy atom. The van der Waals surface area contributed by atoms with Gasteiger partial charge in [0.2, 0.25) is 0 Å². The number of rotatable bonds is 5. The highest BCUT2D eigenvalue weighted by Gasteiger charge is 2.55. The van der Waals surface area contributed by atoms with E-state index in [1.165, 1.54) is 11.8 Å². The molecule has 0 aromatic rings. The van der Waals surface area contributed by atoms with Crippen LogP contribution in [0.1, 0.15) is 27.2 Å². The van der Waals surface area contributed by atoms with Crippen LogP contribution in [0.5, 0.6) is 0 Å². The minimum absolute atomic E-state index is 0.155. The molecular weight excluding hydrogens is 342 g/mol. The number of carbonyl (C=O) groups is 2. The van der Waals surface area contributed by atoms with Crippen molar-refractivity contribution in [2.75, 3.05) is 6.61 Å². The average molecular weight is 362 g/mol. The molecule has 3 amide bonds. The lowest BCUT2D eigenvalue weighted by molar-refractivity contribution is -0.170. The van der Waals surface area contributed by atoms with Crippen molar-refractivity contribution < 1.29 is 24.2 Å². The van der Waals surface area contributed by atoms with Gasteiger partial charge in [-0.25, -0.2) is 4.79 Å². The van der Waals surface area contributed by atoms with Gasteiger partial charge in [0.15, 0.2) is 11.1 Å². The number of hydrogen-bond donors (Lipinski definition) is 2. The van der Waals surface area contributed by atoms with Gasteiger partial charge in [0, 0.05) is 11.3 Å². The highest BCUT2D eigenvalue weighted by Crippen LogP contribution is 2.35. The fourth-order valence-electron chi connectivity index (χ4n) is 2.73. The molecule has 0 bridgehead atoms. The SMILES string of the molecule is CC(C)O[C@H]1N([C@H]2CC(N=[N+]=[N-])[C@@H](CO)O2)C(=O)NC(=O)[C@@]1(C)Cl. The molecule has 2 saturated heterocycles. The summed E-state index contributed by atoms with van der Waals surface area (Å²) in [6, 6.07) is -1.36. The predicted octanol–water partition coefficient (Wildman–Crippen LogP) is 1.07. The number of halogens is 1. The lowest BCUT2D eigenvalue weighted by atomic mass is 10.0. The predicted molar refractivity (Wildman–Crippen MR) is 82.9 cm³/mol. The van der Waals surface area contributed by atoms with Crippen LogP contribution < -0.4 is 5.32 Å². The molecule has 11 heteroatoms. The number of nitrogens with one attached hydrogen (secondary N) is 1. The van der Waals surface area contributed by atoms with E-state index < -0.39 is 41.4 Å². The van der Waals surface area contributed by atoms with Crippen molar-refractivity contribution >= 4 is 23.5 Å². The second-order valence-corrected chi connectivity index (χ2v) is 6.88. The Morgan fingerprint density at radius 3 is 2.83 bits per heavy atom. The van der Waals surface area contributed by atoms with Gasteiger partial charge in [-0.2, -0.15) is 0 Å². The molecule has 0 aliphatic carbocycles. The van der Waals surface area contributed by atoms with Gasteiger partial charge in [-0.3, -0.25) is 15.0 Å². The van der Waals surface area contributed by atoms with Crippen LogP contribution in [0.4, 0.5) is 4.79 Å². The Morgan fingerprint density at radius 1 is 1.62 bits per heavy atom. The van der Waals surface area contributed by atoms with Gasteiger partial charge in [-0.1, -0.05) is 5.11 Å². The molecular formula is C13H20ClN5O5. The van der Waals surface area contributed by atoms with E-state index in [1.807, 2.05) is 0 Å². The fourth-order valence-corrected chi connectivity index (χ4v) is 2.94. The number of hydrogen-bond acceptors (Lipinski definition) is 6. The number of aliphatic hydroxyl groups excluding tert-OH is 1. The smallest absolute Gasteiger partial charge is 0.328 e. The molecule has 10 nitrogen and oxygen atoms in total. The maximum Gasteiger partial charge on any atom is 0.328 e. The van der Waals surface area contributed by atoms with Crippen LogP contribution in [0.25, 0.3) is 10.4 Å². The first kappa shape index (κ1) is 18.8. The summed E-state index contributed by atoms with van der Waals surface area (Å²) in [4.78, 5) is 26.8. The van der Waals surface area contributed by atoms with Crippen molar-refractivity contribution in [3.8, 4) is 0 Å². The van der Waals surface area contributed by atoms with Crippen LogP contribution >= 0.6 is 11.6 Å². The number of carbonyl (C=O) groups excluding carboxylic acids is 2. The largest absolute Gasteiger partial charge is 0.394 e. The fraction of sp³-hybridized carbons (Fsp3) is 0.846. The van der Waals surface area contributed by atoms with Gasteiger partial charge in [0.05, 0.1) is 24.9 Å². The van der Waals surface area contributed by atoms with Gasteiger partial charge >= 0.3 is 6.03 Å². The Bertz CT molecular complexity index is 565. The Balaban J connectivity index is 2.32. The summed E-state index contributed by atoms with van der Waals surface area (Å²) >= 11 is 6.32. The van der Waals surface area contributed by atoms with Crippen LogP contribution in [0, 0.1) is 0 Å². The van der Waals surface area contributed by atoms with Crippen LogP contribution in [-0.2, 0) is 14.3 Å². The number of nitrogens with zero attached hydrogens (tertiary/aromatic N) is 4. The highest BCUT2D eigenvalue weighted by atomic mass is 35.5. The second-order valence-electron chi connectivity index (χ2n) is 6.10. The van der Waals surface area contributed by atoms with Crippen molar-refractivity contribution in [3.05, 3.63) is 10.4 Å². The molecule has 134 valence electrons. The highest BCUT2D eigenvalue weighted by molar-refractivity contribution is 6.36. The molecule has 1 unspecified atom stereocenters. The van der Waals surface area contributed by atoms with Crippen LogP contribution in [0.15, 0.2) is 5.11 Å². The summed E-state index contributed by atoms with van der Waals surface area (Å²) in [5, 5.41) is 15.1. The maximum atomic E-state index is 12.3. The molecule has 0 spiro atoms. The zero-order valence-corrected chi connectivity index (χ0v) is 14.3. The molecule has 2 rings (SSSR count). The summed E-state index contributed by atoms with van der Waals surface area (Å²) in [5.74, 6) is -0.667. The first-order valence-corrected chi connectivity index (χ1v) is 7.88. The first-order chi connectivity index (χ1) is 11.2. The lowest BCUT2D eigenvalue weighted by Gasteiger charge is -2.45. The standard InChI is InChI=1S/C13H20ClN5O5/c1-6(2)23-11-13(3,14)10(21)16-12(22)19(11)9-4-7(17-18-15)8(5-20)24-9/h6-9,11,20H,4-5H2,1-3H3,(H,16,21,22)/t7?,8-,9-,11-,13-/m1/s1. The van der Waals surface area contributed by atoms with E-state index in [0.717, 1.165) is 0 Å². The van der Waals surface area contributed by atoms with Crippen LogP contribution in [0.3, 0.4) is 0 Å².